The summed E-state index contributed by atoms with van der Waals surface area (Å²) in [7, 11) is 0. The van der Waals surface area contributed by atoms with Crippen molar-refractivity contribution in [3.63, 3.8) is 0 Å². The van der Waals surface area contributed by atoms with Crippen molar-refractivity contribution in [3.8, 4) is 0 Å². The minimum atomic E-state index is -0.633. The topological polar surface area (TPSA) is 85.1 Å². The molecule has 0 spiro atoms. The van der Waals surface area contributed by atoms with Crippen LogP contribution >= 0.6 is 11.6 Å². The second kappa shape index (κ2) is 6.61. The van der Waals surface area contributed by atoms with Crippen molar-refractivity contribution < 1.29 is 9.59 Å². The Morgan fingerprint density at radius 2 is 1.96 bits per heavy atom. The smallest absolute Gasteiger partial charge is 0.271 e. The third-order valence-electron chi connectivity index (χ3n) is 4.44. The highest BCUT2D eigenvalue weighted by Crippen LogP contribution is 2.37. The number of aromatic nitrogens is 1. The molecule has 0 saturated carbocycles. The molecule has 5 nitrogen and oxygen atoms in total. The van der Waals surface area contributed by atoms with Crippen molar-refractivity contribution in [3.05, 3.63) is 63.9 Å². The molecule has 0 bridgehead atoms. The van der Waals surface area contributed by atoms with Gasteiger partial charge in [0.05, 0.1) is 16.6 Å². The molecule has 1 heterocycles. The second-order valence-electron chi connectivity index (χ2n) is 6.05. The molecule has 3 N–H and O–H groups in total. The normalized spacial score (nSPS) is 19.4. The summed E-state index contributed by atoms with van der Waals surface area (Å²) < 4.78 is 0. The lowest BCUT2D eigenvalue weighted by Crippen LogP contribution is -2.32. The van der Waals surface area contributed by atoms with E-state index in [0.717, 1.165) is 18.4 Å². The van der Waals surface area contributed by atoms with E-state index >= 15 is 0 Å². The fraction of sp³-hybridized carbons (Fsp3) is 0.278. The number of hydrogen-bond donors (Lipinski definition) is 2. The first-order valence-electron chi connectivity index (χ1n) is 7.82. The largest absolute Gasteiger partial charge is 0.366 e. The van der Waals surface area contributed by atoms with Crippen LogP contribution in [0.25, 0.3) is 0 Å². The average molecular weight is 344 g/mol. The Labute approximate surface area is 145 Å². The molecule has 1 aliphatic carbocycles. The van der Waals surface area contributed by atoms with Gasteiger partial charge < -0.3 is 11.1 Å². The standard InChI is InChI=1S/C18H18ClN3O2/c1-10-6-7-15(13-5-3-2-4-12(10)13)22-18(24)16-14(19)8-11(9-21-16)17(20)23/h2-5,8-10,15H,6-7H2,1H3,(H2,20,23)(H,22,24)/t10-,15-/m0/s1. The van der Waals surface area contributed by atoms with Crippen molar-refractivity contribution in [2.45, 2.75) is 31.7 Å². The van der Waals surface area contributed by atoms with Crippen molar-refractivity contribution in [1.82, 2.24) is 10.3 Å². The number of fused-ring (bicyclic) bond motifs is 1. The predicted molar refractivity (Wildman–Crippen MR) is 92.1 cm³/mol. The number of carbonyl (C=O) groups is 2. The van der Waals surface area contributed by atoms with E-state index < -0.39 is 5.91 Å². The van der Waals surface area contributed by atoms with Crippen LogP contribution in [0.2, 0.25) is 5.02 Å². The van der Waals surface area contributed by atoms with Crippen LogP contribution in [0.5, 0.6) is 0 Å². The van der Waals surface area contributed by atoms with E-state index in [1.165, 1.54) is 17.8 Å². The molecule has 124 valence electrons. The van der Waals surface area contributed by atoms with Crippen LogP contribution in [0.3, 0.4) is 0 Å². The molecule has 2 aromatic rings. The van der Waals surface area contributed by atoms with Crippen molar-refractivity contribution in [2.24, 2.45) is 5.73 Å². The minimum absolute atomic E-state index is 0.0708. The lowest BCUT2D eigenvalue weighted by Gasteiger charge is -2.30. The summed E-state index contributed by atoms with van der Waals surface area (Å²) in [5, 5.41) is 3.11. The number of nitrogens with one attached hydrogen (secondary N) is 1. The van der Waals surface area contributed by atoms with Gasteiger partial charge in [0, 0.05) is 6.20 Å². The van der Waals surface area contributed by atoms with E-state index in [4.69, 9.17) is 17.3 Å². The van der Waals surface area contributed by atoms with Crippen LogP contribution in [0, 0.1) is 0 Å². The maximum atomic E-state index is 12.5. The molecule has 2 amide bonds. The Morgan fingerprint density at radius 3 is 2.62 bits per heavy atom. The Balaban J connectivity index is 1.83. The zero-order valence-electron chi connectivity index (χ0n) is 13.3. The molecule has 2 atom stereocenters. The molecule has 1 aliphatic rings. The van der Waals surface area contributed by atoms with Crippen molar-refractivity contribution >= 4 is 23.4 Å². The highest BCUT2D eigenvalue weighted by atomic mass is 35.5. The van der Waals surface area contributed by atoms with E-state index in [1.807, 2.05) is 18.2 Å². The summed E-state index contributed by atoms with van der Waals surface area (Å²) >= 11 is 6.08. The molecule has 0 aliphatic heterocycles. The molecular weight excluding hydrogens is 326 g/mol. The number of halogens is 1. The Bertz CT molecular complexity index is 807. The van der Waals surface area contributed by atoms with E-state index in [0.29, 0.717) is 5.92 Å². The number of rotatable bonds is 3. The van der Waals surface area contributed by atoms with Gasteiger partial charge >= 0.3 is 0 Å². The summed E-state index contributed by atoms with van der Waals surface area (Å²) in [5.41, 5.74) is 7.85. The maximum absolute atomic E-state index is 12.5. The zero-order chi connectivity index (χ0) is 17.3. The van der Waals surface area contributed by atoms with Crippen LogP contribution in [-0.2, 0) is 0 Å². The van der Waals surface area contributed by atoms with Gasteiger partial charge in [0.25, 0.3) is 5.91 Å². The fourth-order valence-electron chi connectivity index (χ4n) is 3.12. The molecule has 6 heteroatoms. The van der Waals surface area contributed by atoms with Gasteiger partial charge in [-0.05, 0) is 36.0 Å². The highest BCUT2D eigenvalue weighted by molar-refractivity contribution is 6.33. The molecule has 0 unspecified atom stereocenters. The predicted octanol–water partition coefficient (Wildman–Crippen LogP) is 3.20. The Morgan fingerprint density at radius 1 is 1.25 bits per heavy atom. The number of amides is 2. The van der Waals surface area contributed by atoms with Gasteiger partial charge in [-0.25, -0.2) is 4.98 Å². The second-order valence-corrected chi connectivity index (χ2v) is 6.46. The van der Waals surface area contributed by atoms with Crippen molar-refractivity contribution in [2.75, 3.05) is 0 Å². The number of hydrogen-bond acceptors (Lipinski definition) is 3. The van der Waals surface area contributed by atoms with Gasteiger partial charge in [-0.3, -0.25) is 9.59 Å². The number of nitrogens with two attached hydrogens (primary N) is 1. The third-order valence-corrected chi connectivity index (χ3v) is 4.72. The fourth-order valence-corrected chi connectivity index (χ4v) is 3.37. The van der Waals surface area contributed by atoms with E-state index in [-0.39, 0.29) is 28.2 Å². The summed E-state index contributed by atoms with van der Waals surface area (Å²) in [5.74, 6) is -0.511. The molecule has 0 radical (unpaired) electrons. The summed E-state index contributed by atoms with van der Waals surface area (Å²) in [4.78, 5) is 27.7. The average Bonchev–Trinajstić information content (AvgIpc) is 2.57. The lowest BCUT2D eigenvalue weighted by atomic mass is 9.81. The van der Waals surface area contributed by atoms with Crippen LogP contribution in [0.1, 0.15) is 63.7 Å². The molecule has 1 aromatic carbocycles. The van der Waals surface area contributed by atoms with Crippen LogP contribution < -0.4 is 11.1 Å². The van der Waals surface area contributed by atoms with Crippen LogP contribution in [0.4, 0.5) is 0 Å². The molecule has 0 saturated heterocycles. The van der Waals surface area contributed by atoms with Gasteiger partial charge in [0.1, 0.15) is 5.69 Å². The van der Waals surface area contributed by atoms with Crippen LogP contribution in [0.15, 0.2) is 36.5 Å². The number of benzene rings is 1. The first-order valence-corrected chi connectivity index (χ1v) is 8.20. The molecule has 3 rings (SSSR count). The third kappa shape index (κ3) is 3.12. The van der Waals surface area contributed by atoms with Crippen molar-refractivity contribution in [1.29, 1.82) is 0 Å². The molecule has 0 fully saturated rings. The Hall–Kier alpha value is -2.40. The molecular formula is C18H18ClN3O2. The first kappa shape index (κ1) is 16.5. The van der Waals surface area contributed by atoms with Crippen LogP contribution in [-0.4, -0.2) is 16.8 Å². The van der Waals surface area contributed by atoms with Gasteiger partial charge in [-0.15, -0.1) is 0 Å². The first-order chi connectivity index (χ1) is 11.5. The van der Waals surface area contributed by atoms with E-state index in [2.05, 4.69) is 23.3 Å². The van der Waals surface area contributed by atoms with E-state index in [9.17, 15) is 9.59 Å². The zero-order valence-corrected chi connectivity index (χ0v) is 14.0. The van der Waals surface area contributed by atoms with Gasteiger partial charge in [0.2, 0.25) is 5.91 Å². The molecule has 24 heavy (non-hydrogen) atoms. The number of nitrogens with zero attached hydrogens (tertiary/aromatic N) is 1. The number of carbonyl (C=O) groups excluding carboxylic acids is 2. The SMILES string of the molecule is C[C@H]1CC[C@H](NC(=O)c2ncc(C(N)=O)cc2Cl)c2ccccc21. The van der Waals surface area contributed by atoms with E-state index in [1.54, 1.807) is 0 Å². The quantitative estimate of drug-likeness (QED) is 0.897. The monoisotopic (exact) mass is 343 g/mol. The number of primary amides is 1. The Kier molecular flexibility index (Phi) is 4.53. The minimum Gasteiger partial charge on any atom is -0.366 e. The maximum Gasteiger partial charge on any atom is 0.271 e. The van der Waals surface area contributed by atoms with Gasteiger partial charge in [-0.1, -0.05) is 42.8 Å². The highest BCUT2D eigenvalue weighted by Gasteiger charge is 2.26. The van der Waals surface area contributed by atoms with Gasteiger partial charge in [-0.2, -0.15) is 0 Å². The number of pyridine rings is 1. The summed E-state index contributed by atoms with van der Waals surface area (Å²) in [6.07, 6.45) is 3.13. The summed E-state index contributed by atoms with van der Waals surface area (Å²) in [6.45, 7) is 2.19. The lowest BCUT2D eigenvalue weighted by molar-refractivity contribution is 0.0924. The molecule has 1 aromatic heterocycles. The van der Waals surface area contributed by atoms with Gasteiger partial charge in [0.15, 0.2) is 0 Å². The summed E-state index contributed by atoms with van der Waals surface area (Å²) in [6, 6.07) is 9.43.